The molecule has 3 nitrogen and oxygen atoms in total. The predicted octanol–water partition coefficient (Wildman–Crippen LogP) is 1.58. The van der Waals surface area contributed by atoms with Crippen molar-refractivity contribution in [1.82, 2.24) is 5.32 Å². The Morgan fingerprint density at radius 1 is 1.40 bits per heavy atom. The smallest absolute Gasteiger partial charge is 0.319 e. The SMILES string of the molecule is CCOC(=O)CNCC1CC2CCC1C2. The zero-order valence-electron chi connectivity index (χ0n) is 9.50. The van der Waals surface area contributed by atoms with Crippen LogP contribution in [-0.2, 0) is 9.53 Å². The fourth-order valence-corrected chi connectivity index (χ4v) is 3.20. The minimum absolute atomic E-state index is 0.124. The number of hydrogen-bond acceptors (Lipinski definition) is 3. The Hall–Kier alpha value is -0.570. The lowest BCUT2D eigenvalue weighted by Gasteiger charge is -2.21. The molecule has 2 bridgehead atoms. The largest absolute Gasteiger partial charge is 0.465 e. The van der Waals surface area contributed by atoms with Crippen molar-refractivity contribution in [2.45, 2.75) is 32.6 Å². The van der Waals surface area contributed by atoms with Crippen molar-refractivity contribution < 1.29 is 9.53 Å². The maximum Gasteiger partial charge on any atom is 0.319 e. The Morgan fingerprint density at radius 3 is 2.87 bits per heavy atom. The fraction of sp³-hybridized carbons (Fsp3) is 0.917. The highest BCUT2D eigenvalue weighted by molar-refractivity contribution is 5.71. The van der Waals surface area contributed by atoms with Gasteiger partial charge in [0.1, 0.15) is 0 Å². The van der Waals surface area contributed by atoms with Gasteiger partial charge in [0.25, 0.3) is 0 Å². The topological polar surface area (TPSA) is 38.3 Å². The first-order chi connectivity index (χ1) is 7.29. The van der Waals surface area contributed by atoms with Crippen LogP contribution in [0.4, 0.5) is 0 Å². The van der Waals surface area contributed by atoms with Crippen molar-refractivity contribution in [1.29, 1.82) is 0 Å². The highest BCUT2D eigenvalue weighted by Crippen LogP contribution is 2.47. The molecule has 86 valence electrons. The van der Waals surface area contributed by atoms with Crippen LogP contribution in [0.2, 0.25) is 0 Å². The normalized spacial score (nSPS) is 33.3. The van der Waals surface area contributed by atoms with Crippen LogP contribution >= 0.6 is 0 Å². The van der Waals surface area contributed by atoms with Crippen molar-refractivity contribution in [2.75, 3.05) is 19.7 Å². The summed E-state index contributed by atoms with van der Waals surface area (Å²) in [7, 11) is 0. The van der Waals surface area contributed by atoms with Gasteiger partial charge in [0.05, 0.1) is 13.2 Å². The van der Waals surface area contributed by atoms with Gasteiger partial charge in [-0.1, -0.05) is 6.42 Å². The lowest BCUT2D eigenvalue weighted by Crippen LogP contribution is -2.31. The lowest BCUT2D eigenvalue weighted by atomic mass is 9.89. The summed E-state index contributed by atoms with van der Waals surface area (Å²) in [5, 5.41) is 3.22. The number of rotatable bonds is 5. The van der Waals surface area contributed by atoms with E-state index in [2.05, 4.69) is 5.32 Å². The van der Waals surface area contributed by atoms with Gasteiger partial charge in [-0.05, 0) is 50.5 Å². The molecule has 2 rings (SSSR count). The molecular weight excluding hydrogens is 190 g/mol. The van der Waals surface area contributed by atoms with Gasteiger partial charge >= 0.3 is 5.97 Å². The molecule has 0 aliphatic heterocycles. The van der Waals surface area contributed by atoms with Crippen LogP contribution in [0.25, 0.3) is 0 Å². The van der Waals surface area contributed by atoms with Gasteiger partial charge in [-0.25, -0.2) is 0 Å². The van der Waals surface area contributed by atoms with E-state index in [0.29, 0.717) is 13.2 Å². The number of fused-ring (bicyclic) bond motifs is 2. The second-order valence-corrected chi connectivity index (χ2v) is 4.87. The molecule has 0 radical (unpaired) electrons. The standard InChI is InChI=1S/C12H21NO2/c1-2-15-12(14)8-13-7-11-6-9-3-4-10(11)5-9/h9-11,13H,2-8H2,1H3. The summed E-state index contributed by atoms with van der Waals surface area (Å²) in [5.74, 6) is 2.62. The zero-order valence-corrected chi connectivity index (χ0v) is 9.50. The summed E-state index contributed by atoms with van der Waals surface area (Å²) in [5.41, 5.74) is 0. The third-order valence-electron chi connectivity index (χ3n) is 3.87. The third-order valence-corrected chi connectivity index (χ3v) is 3.87. The van der Waals surface area contributed by atoms with Gasteiger partial charge in [0.2, 0.25) is 0 Å². The molecule has 2 fully saturated rings. The van der Waals surface area contributed by atoms with Crippen molar-refractivity contribution in [3.05, 3.63) is 0 Å². The molecule has 0 spiro atoms. The number of ether oxygens (including phenoxy) is 1. The molecule has 2 saturated carbocycles. The van der Waals surface area contributed by atoms with E-state index >= 15 is 0 Å². The average Bonchev–Trinajstić information content (AvgIpc) is 2.79. The van der Waals surface area contributed by atoms with Gasteiger partial charge in [-0.2, -0.15) is 0 Å². The quantitative estimate of drug-likeness (QED) is 0.702. The van der Waals surface area contributed by atoms with Gasteiger partial charge < -0.3 is 10.1 Å². The van der Waals surface area contributed by atoms with Gasteiger partial charge in [0.15, 0.2) is 0 Å². The summed E-state index contributed by atoms with van der Waals surface area (Å²) in [6.07, 6.45) is 5.67. The minimum atomic E-state index is -0.124. The van der Waals surface area contributed by atoms with E-state index in [-0.39, 0.29) is 5.97 Å². The van der Waals surface area contributed by atoms with Crippen LogP contribution in [0.15, 0.2) is 0 Å². The molecule has 2 aliphatic carbocycles. The highest BCUT2D eigenvalue weighted by atomic mass is 16.5. The first kappa shape index (κ1) is 10.9. The second kappa shape index (κ2) is 4.97. The minimum Gasteiger partial charge on any atom is -0.465 e. The van der Waals surface area contributed by atoms with E-state index in [1.165, 1.54) is 25.7 Å². The molecule has 0 aromatic rings. The van der Waals surface area contributed by atoms with Gasteiger partial charge in [-0.15, -0.1) is 0 Å². The van der Waals surface area contributed by atoms with E-state index in [4.69, 9.17) is 4.74 Å². The van der Waals surface area contributed by atoms with Crippen molar-refractivity contribution >= 4 is 5.97 Å². The Morgan fingerprint density at radius 2 is 2.27 bits per heavy atom. The van der Waals surface area contributed by atoms with E-state index in [0.717, 1.165) is 24.3 Å². The molecule has 0 amide bonds. The molecule has 0 heterocycles. The highest BCUT2D eigenvalue weighted by Gasteiger charge is 2.38. The number of carbonyl (C=O) groups excluding carboxylic acids is 1. The van der Waals surface area contributed by atoms with Crippen molar-refractivity contribution in [3.63, 3.8) is 0 Å². The summed E-state index contributed by atoms with van der Waals surface area (Å²) in [6, 6.07) is 0. The van der Waals surface area contributed by atoms with Crippen LogP contribution in [-0.4, -0.2) is 25.7 Å². The van der Waals surface area contributed by atoms with Crippen LogP contribution in [0.1, 0.15) is 32.6 Å². The Labute approximate surface area is 91.6 Å². The van der Waals surface area contributed by atoms with E-state index < -0.39 is 0 Å². The molecule has 0 aromatic carbocycles. The van der Waals surface area contributed by atoms with Crippen LogP contribution in [0, 0.1) is 17.8 Å². The maximum absolute atomic E-state index is 11.1. The van der Waals surface area contributed by atoms with E-state index in [1.807, 2.05) is 6.92 Å². The molecule has 3 atom stereocenters. The molecule has 3 heteroatoms. The molecular formula is C12H21NO2. The summed E-state index contributed by atoms with van der Waals surface area (Å²) in [6.45, 7) is 3.70. The molecule has 0 saturated heterocycles. The number of hydrogen-bond donors (Lipinski definition) is 1. The van der Waals surface area contributed by atoms with Crippen molar-refractivity contribution in [3.8, 4) is 0 Å². The van der Waals surface area contributed by atoms with Crippen LogP contribution < -0.4 is 5.32 Å². The van der Waals surface area contributed by atoms with E-state index in [1.54, 1.807) is 0 Å². The lowest BCUT2D eigenvalue weighted by molar-refractivity contribution is -0.142. The number of nitrogens with one attached hydrogen (secondary N) is 1. The zero-order chi connectivity index (χ0) is 10.7. The molecule has 3 unspecified atom stereocenters. The summed E-state index contributed by atoms with van der Waals surface area (Å²) >= 11 is 0. The molecule has 1 N–H and O–H groups in total. The van der Waals surface area contributed by atoms with Gasteiger partial charge in [0, 0.05) is 0 Å². The fourth-order valence-electron chi connectivity index (χ4n) is 3.20. The third kappa shape index (κ3) is 2.71. The second-order valence-electron chi connectivity index (χ2n) is 4.87. The number of carbonyl (C=O) groups is 1. The maximum atomic E-state index is 11.1. The molecule has 15 heavy (non-hydrogen) atoms. The average molecular weight is 211 g/mol. The Kier molecular flexibility index (Phi) is 3.62. The van der Waals surface area contributed by atoms with Gasteiger partial charge in [-0.3, -0.25) is 4.79 Å². The first-order valence-electron chi connectivity index (χ1n) is 6.16. The summed E-state index contributed by atoms with van der Waals surface area (Å²) in [4.78, 5) is 11.1. The van der Waals surface area contributed by atoms with Crippen LogP contribution in [0.3, 0.4) is 0 Å². The monoisotopic (exact) mass is 211 g/mol. The van der Waals surface area contributed by atoms with E-state index in [9.17, 15) is 4.79 Å². The molecule has 2 aliphatic rings. The van der Waals surface area contributed by atoms with Crippen molar-refractivity contribution in [2.24, 2.45) is 17.8 Å². The molecule has 0 aromatic heterocycles. The Bertz CT molecular complexity index is 230. The van der Waals surface area contributed by atoms with Crippen LogP contribution in [0.5, 0.6) is 0 Å². The Balaban J connectivity index is 1.60. The number of esters is 1. The predicted molar refractivity (Wildman–Crippen MR) is 58.4 cm³/mol. The first-order valence-corrected chi connectivity index (χ1v) is 6.16. The summed E-state index contributed by atoms with van der Waals surface area (Å²) < 4.78 is 4.87.